The van der Waals surface area contributed by atoms with E-state index in [1.165, 1.54) is 38.5 Å². The van der Waals surface area contributed by atoms with Crippen LogP contribution < -0.4 is 9.47 Å². The number of amides is 3. The van der Waals surface area contributed by atoms with Crippen molar-refractivity contribution in [3.63, 3.8) is 0 Å². The van der Waals surface area contributed by atoms with Crippen LogP contribution >= 0.6 is 0 Å². The lowest BCUT2D eigenvalue weighted by Crippen LogP contribution is -2.39. The third-order valence-corrected chi connectivity index (χ3v) is 13.0. The number of hydrogen-bond acceptors (Lipinski definition) is 8. The number of nitrogens with one attached hydrogen (secondary N) is 2. The molecule has 340 valence electrons. The average Bonchev–Trinajstić information content (AvgIpc) is 4.07. The molecule has 0 unspecified atom stereocenters. The van der Waals surface area contributed by atoms with Crippen molar-refractivity contribution in [2.45, 2.75) is 65.2 Å². The van der Waals surface area contributed by atoms with E-state index in [0.29, 0.717) is 79.3 Å². The highest BCUT2D eigenvalue weighted by atomic mass is 19.1. The maximum absolute atomic E-state index is 13.6. The van der Waals surface area contributed by atoms with Gasteiger partial charge in [-0.15, -0.1) is 0 Å². The van der Waals surface area contributed by atoms with Gasteiger partial charge >= 0.3 is 0 Å². The molecule has 0 spiro atoms. The predicted octanol–water partition coefficient (Wildman–Crippen LogP) is 8.03. The highest BCUT2D eigenvalue weighted by molar-refractivity contribution is 6.45. The SMILES string of the molecule is COc1nc2[nH]c(C)c(C(=O)C(=O)N3CCCC3)c2cc1C(=O)N1CCC(Cc2ccc(F)cc2)CC1.COc1nc2[nH]c(C)cc2cc1C(=O)N1CCC(Cc2ccc(F)cc2)CC1. The Morgan fingerprint density at radius 1 is 0.631 bits per heavy atom. The van der Waals surface area contributed by atoms with Gasteiger partial charge in [0.1, 0.15) is 34.1 Å². The molecule has 0 saturated carbocycles. The number of H-pyrrole nitrogens is 2. The second kappa shape index (κ2) is 19.6. The number of methoxy groups -OCH3 is 2. The van der Waals surface area contributed by atoms with Gasteiger partial charge in [0, 0.05) is 61.4 Å². The number of rotatable bonds is 10. The molecule has 9 rings (SSSR count). The van der Waals surface area contributed by atoms with Crippen molar-refractivity contribution >= 4 is 45.6 Å². The summed E-state index contributed by atoms with van der Waals surface area (Å²) < 4.78 is 37.1. The first kappa shape index (κ1) is 44.9. The Kier molecular flexibility index (Phi) is 13.6. The summed E-state index contributed by atoms with van der Waals surface area (Å²) in [4.78, 5) is 73.1. The summed E-state index contributed by atoms with van der Waals surface area (Å²) in [6.45, 7) is 7.43. The molecule has 0 atom stereocenters. The van der Waals surface area contributed by atoms with E-state index >= 15 is 0 Å². The zero-order valence-electron chi connectivity index (χ0n) is 37.3. The van der Waals surface area contributed by atoms with Gasteiger partial charge in [0.15, 0.2) is 0 Å². The number of hydrogen-bond donors (Lipinski definition) is 2. The van der Waals surface area contributed by atoms with Crippen LogP contribution in [0.3, 0.4) is 0 Å². The van der Waals surface area contributed by atoms with Gasteiger partial charge in [-0.05, 0) is 131 Å². The average molecular weight is 888 g/mol. The number of ether oxygens (including phenoxy) is 2. The number of aryl methyl sites for hydroxylation is 2. The van der Waals surface area contributed by atoms with Crippen molar-refractivity contribution in [1.82, 2.24) is 34.6 Å². The molecule has 2 N–H and O–H groups in total. The number of halogens is 2. The van der Waals surface area contributed by atoms with E-state index in [-0.39, 0.29) is 40.5 Å². The first-order valence-electron chi connectivity index (χ1n) is 22.4. The van der Waals surface area contributed by atoms with E-state index < -0.39 is 11.7 Å². The minimum absolute atomic E-state index is 0.0367. The monoisotopic (exact) mass is 887 g/mol. The summed E-state index contributed by atoms with van der Waals surface area (Å²) in [6, 6.07) is 18.7. The molecule has 3 aliphatic rings. The van der Waals surface area contributed by atoms with Crippen LogP contribution in [-0.4, -0.2) is 112 Å². The number of aromatic amines is 2. The van der Waals surface area contributed by atoms with Crippen LogP contribution in [0.5, 0.6) is 11.8 Å². The molecule has 15 heteroatoms. The zero-order chi connectivity index (χ0) is 45.8. The van der Waals surface area contributed by atoms with Crippen LogP contribution in [0.15, 0.2) is 66.7 Å². The standard InChI is InChI=1S/C28H31FN4O4.C22H24FN3O2/c1-17-23(24(34)28(36)32-11-3-4-12-32)21-16-22(26(37-2)31-25(21)30-17)27(35)33-13-9-19(10-14-33)15-18-5-7-20(29)8-6-18;1-14-11-17-13-19(21(28-2)25-20(17)24-14)22(27)26-9-7-16(8-10-26)12-15-3-5-18(23)6-4-15/h5-8,16,19H,3-4,9-15H2,1-2H3,(H,30,31);3-6,11,13,16H,7-10,12H2,1-2H3,(H,24,25). The summed E-state index contributed by atoms with van der Waals surface area (Å²) in [6.07, 6.45) is 7.08. The molecule has 0 radical (unpaired) electrons. The van der Waals surface area contributed by atoms with Gasteiger partial charge in [-0.2, -0.15) is 9.97 Å². The number of aromatic nitrogens is 4. The van der Waals surface area contributed by atoms with E-state index in [1.807, 2.05) is 48.2 Å². The molecule has 2 aromatic carbocycles. The molecule has 3 saturated heterocycles. The van der Waals surface area contributed by atoms with Crippen molar-refractivity contribution in [3.8, 4) is 11.8 Å². The Hall–Kier alpha value is -6.64. The summed E-state index contributed by atoms with van der Waals surface area (Å²) in [5.41, 5.74) is 5.93. The highest BCUT2D eigenvalue weighted by Crippen LogP contribution is 2.32. The quantitative estimate of drug-likeness (QED) is 0.104. The van der Waals surface area contributed by atoms with Crippen LogP contribution in [-0.2, 0) is 17.6 Å². The maximum atomic E-state index is 13.6. The summed E-state index contributed by atoms with van der Waals surface area (Å²) in [5, 5.41) is 1.36. The highest BCUT2D eigenvalue weighted by Gasteiger charge is 2.32. The molecule has 65 heavy (non-hydrogen) atoms. The van der Waals surface area contributed by atoms with Gasteiger partial charge in [-0.25, -0.2) is 8.78 Å². The Labute approximate surface area is 376 Å². The number of Topliss-reactive ketones (excluding diaryl/α,β-unsaturated/α-hetero) is 1. The van der Waals surface area contributed by atoms with Crippen molar-refractivity contribution < 1.29 is 37.4 Å². The second-order valence-electron chi connectivity index (χ2n) is 17.5. The van der Waals surface area contributed by atoms with Crippen molar-refractivity contribution in [3.05, 3.63) is 118 Å². The van der Waals surface area contributed by atoms with Crippen molar-refractivity contribution in [2.75, 3.05) is 53.5 Å². The van der Waals surface area contributed by atoms with Gasteiger partial charge in [-0.1, -0.05) is 24.3 Å². The number of piperidine rings is 2. The van der Waals surface area contributed by atoms with Gasteiger partial charge in [0.05, 0.1) is 19.8 Å². The van der Waals surface area contributed by atoms with E-state index in [9.17, 15) is 28.0 Å². The Morgan fingerprint density at radius 3 is 1.60 bits per heavy atom. The number of ketones is 1. The molecule has 3 fully saturated rings. The number of carbonyl (C=O) groups excluding carboxylic acids is 4. The Balaban J connectivity index is 0.000000184. The number of pyridine rings is 2. The number of nitrogens with zero attached hydrogens (tertiary/aromatic N) is 5. The first-order valence-corrected chi connectivity index (χ1v) is 22.4. The smallest absolute Gasteiger partial charge is 0.295 e. The number of benzene rings is 2. The minimum Gasteiger partial charge on any atom is -0.480 e. The lowest BCUT2D eigenvalue weighted by molar-refractivity contribution is -0.125. The Morgan fingerprint density at radius 2 is 1.11 bits per heavy atom. The van der Waals surface area contributed by atoms with Crippen molar-refractivity contribution in [1.29, 1.82) is 0 Å². The fourth-order valence-corrected chi connectivity index (χ4v) is 9.41. The normalized spacial score (nSPS) is 15.9. The third-order valence-electron chi connectivity index (χ3n) is 13.0. The third kappa shape index (κ3) is 10.0. The van der Waals surface area contributed by atoms with E-state index in [4.69, 9.17) is 9.47 Å². The minimum atomic E-state index is -0.586. The lowest BCUT2D eigenvalue weighted by Gasteiger charge is -2.32. The van der Waals surface area contributed by atoms with Crippen LogP contribution in [0, 0.1) is 37.3 Å². The molecule has 7 heterocycles. The van der Waals surface area contributed by atoms with Crippen LogP contribution in [0.4, 0.5) is 8.78 Å². The molecular formula is C50H55F2N7O6. The van der Waals surface area contributed by atoms with E-state index in [0.717, 1.165) is 79.2 Å². The van der Waals surface area contributed by atoms with Crippen molar-refractivity contribution in [2.24, 2.45) is 11.8 Å². The van der Waals surface area contributed by atoms with Crippen LogP contribution in [0.25, 0.3) is 22.1 Å². The molecular weight excluding hydrogens is 833 g/mol. The largest absolute Gasteiger partial charge is 0.480 e. The van der Waals surface area contributed by atoms with E-state index in [2.05, 4.69) is 19.9 Å². The fraction of sp³-hybridized carbons (Fsp3) is 0.400. The molecule has 0 bridgehead atoms. The summed E-state index contributed by atoms with van der Waals surface area (Å²) >= 11 is 0. The maximum Gasteiger partial charge on any atom is 0.295 e. The first-order chi connectivity index (χ1) is 31.4. The lowest BCUT2D eigenvalue weighted by atomic mass is 9.90. The molecule has 6 aromatic rings. The van der Waals surface area contributed by atoms with Gasteiger partial charge in [0.25, 0.3) is 23.5 Å². The Bertz CT molecular complexity index is 2690. The van der Waals surface area contributed by atoms with Crippen LogP contribution in [0.2, 0.25) is 0 Å². The fourth-order valence-electron chi connectivity index (χ4n) is 9.41. The summed E-state index contributed by atoms with van der Waals surface area (Å²) in [5.74, 6) is -0.363. The van der Waals surface area contributed by atoms with Crippen LogP contribution in [0.1, 0.15) is 92.1 Å². The molecule has 4 aromatic heterocycles. The zero-order valence-corrected chi connectivity index (χ0v) is 37.3. The molecule has 0 aliphatic carbocycles. The number of likely N-dealkylation sites (tertiary alicyclic amines) is 3. The second-order valence-corrected chi connectivity index (χ2v) is 17.5. The molecule has 3 aliphatic heterocycles. The molecule has 3 amide bonds. The van der Waals surface area contributed by atoms with Gasteiger partial charge < -0.3 is 34.1 Å². The van der Waals surface area contributed by atoms with E-state index in [1.54, 1.807) is 22.8 Å². The predicted molar refractivity (Wildman–Crippen MR) is 242 cm³/mol. The molecule has 13 nitrogen and oxygen atoms in total. The topological polar surface area (TPSA) is 154 Å². The van der Waals surface area contributed by atoms with Gasteiger partial charge in [0.2, 0.25) is 11.8 Å². The number of carbonyl (C=O) groups is 4. The number of fused-ring (bicyclic) bond motifs is 2. The van der Waals surface area contributed by atoms with Gasteiger partial charge in [-0.3, -0.25) is 19.2 Å². The summed E-state index contributed by atoms with van der Waals surface area (Å²) in [7, 11) is 2.99.